The first kappa shape index (κ1) is 12.4. The molecule has 0 aromatic carbocycles. The molecule has 2 rings (SSSR count). The zero-order chi connectivity index (χ0) is 11.4. The van der Waals surface area contributed by atoms with Crippen LogP contribution >= 0.6 is 0 Å². The van der Waals surface area contributed by atoms with Gasteiger partial charge in [0.05, 0.1) is 6.10 Å². The molecule has 0 spiro atoms. The number of ether oxygens (including phenoxy) is 1. The molecule has 1 aliphatic heterocycles. The molecular weight excluding hydrogens is 198 g/mol. The summed E-state index contributed by atoms with van der Waals surface area (Å²) < 4.78 is 5.71. The second-order valence-corrected chi connectivity index (χ2v) is 6.06. The Morgan fingerprint density at radius 3 is 2.56 bits per heavy atom. The third-order valence-electron chi connectivity index (χ3n) is 4.79. The molecule has 1 saturated carbocycles. The maximum atomic E-state index is 6.03. The largest absolute Gasteiger partial charge is 0.378 e. The zero-order valence-electron chi connectivity index (χ0n) is 10.7. The maximum Gasteiger partial charge on any atom is 0.0576 e. The van der Waals surface area contributed by atoms with E-state index in [1.807, 2.05) is 0 Å². The SMILES string of the molecule is CC1CCC(CN)(CCC2CCCO2)CC1. The van der Waals surface area contributed by atoms with E-state index in [0.29, 0.717) is 11.5 Å². The fourth-order valence-electron chi connectivity index (χ4n) is 3.27. The molecule has 1 saturated heterocycles. The Morgan fingerprint density at radius 2 is 2.00 bits per heavy atom. The molecule has 1 atom stereocenters. The van der Waals surface area contributed by atoms with Crippen molar-refractivity contribution in [1.82, 2.24) is 0 Å². The van der Waals surface area contributed by atoms with Gasteiger partial charge in [0, 0.05) is 6.61 Å². The molecular formula is C14H27NO. The van der Waals surface area contributed by atoms with Gasteiger partial charge in [0.2, 0.25) is 0 Å². The van der Waals surface area contributed by atoms with Gasteiger partial charge < -0.3 is 10.5 Å². The first-order valence-electron chi connectivity index (χ1n) is 7.06. The molecule has 0 bridgehead atoms. The standard InChI is InChI=1S/C14H27NO/c1-12-4-7-14(11-15,8-5-12)9-6-13-3-2-10-16-13/h12-13H,2-11,15H2,1H3. The van der Waals surface area contributed by atoms with Crippen molar-refractivity contribution in [1.29, 1.82) is 0 Å². The molecule has 2 fully saturated rings. The van der Waals surface area contributed by atoms with Gasteiger partial charge in [0.25, 0.3) is 0 Å². The highest BCUT2D eigenvalue weighted by molar-refractivity contribution is 4.86. The van der Waals surface area contributed by atoms with Gasteiger partial charge in [-0.25, -0.2) is 0 Å². The van der Waals surface area contributed by atoms with Crippen molar-refractivity contribution >= 4 is 0 Å². The number of rotatable bonds is 4. The van der Waals surface area contributed by atoms with E-state index in [1.165, 1.54) is 51.4 Å². The minimum absolute atomic E-state index is 0.457. The third kappa shape index (κ3) is 2.98. The van der Waals surface area contributed by atoms with Crippen LogP contribution in [0.3, 0.4) is 0 Å². The number of hydrogen-bond acceptors (Lipinski definition) is 2. The second-order valence-electron chi connectivity index (χ2n) is 6.06. The summed E-state index contributed by atoms with van der Waals surface area (Å²) in [6, 6.07) is 0. The summed E-state index contributed by atoms with van der Waals surface area (Å²) in [5, 5.41) is 0. The molecule has 1 heterocycles. The number of hydrogen-bond donors (Lipinski definition) is 1. The molecule has 16 heavy (non-hydrogen) atoms. The summed E-state index contributed by atoms with van der Waals surface area (Å²) in [5.74, 6) is 0.919. The van der Waals surface area contributed by atoms with Crippen molar-refractivity contribution in [2.75, 3.05) is 13.2 Å². The Kier molecular flexibility index (Phi) is 4.26. The van der Waals surface area contributed by atoms with E-state index in [0.717, 1.165) is 19.1 Å². The summed E-state index contributed by atoms with van der Waals surface area (Å²) >= 11 is 0. The molecule has 0 aromatic rings. The summed E-state index contributed by atoms with van der Waals surface area (Å²) in [4.78, 5) is 0. The van der Waals surface area contributed by atoms with Gasteiger partial charge in [0.15, 0.2) is 0 Å². The van der Waals surface area contributed by atoms with E-state index in [1.54, 1.807) is 0 Å². The minimum atomic E-state index is 0.457. The van der Waals surface area contributed by atoms with E-state index < -0.39 is 0 Å². The van der Waals surface area contributed by atoms with Crippen molar-refractivity contribution in [2.24, 2.45) is 17.1 Å². The molecule has 94 valence electrons. The van der Waals surface area contributed by atoms with Gasteiger partial charge >= 0.3 is 0 Å². The fourth-order valence-corrected chi connectivity index (χ4v) is 3.27. The maximum absolute atomic E-state index is 6.03. The lowest BCUT2D eigenvalue weighted by atomic mass is 9.68. The highest BCUT2D eigenvalue weighted by Crippen LogP contribution is 2.42. The quantitative estimate of drug-likeness (QED) is 0.798. The van der Waals surface area contributed by atoms with E-state index in [2.05, 4.69) is 6.92 Å². The van der Waals surface area contributed by atoms with Crippen LogP contribution in [0.2, 0.25) is 0 Å². The van der Waals surface area contributed by atoms with Crippen LogP contribution in [0.25, 0.3) is 0 Å². The molecule has 0 radical (unpaired) electrons. The zero-order valence-corrected chi connectivity index (χ0v) is 10.7. The van der Waals surface area contributed by atoms with Gasteiger partial charge in [-0.05, 0) is 56.4 Å². The highest BCUT2D eigenvalue weighted by Gasteiger charge is 2.33. The van der Waals surface area contributed by atoms with Crippen LogP contribution in [-0.2, 0) is 4.74 Å². The first-order chi connectivity index (χ1) is 7.74. The molecule has 2 heteroatoms. The minimum Gasteiger partial charge on any atom is -0.378 e. The van der Waals surface area contributed by atoms with E-state index >= 15 is 0 Å². The van der Waals surface area contributed by atoms with Crippen LogP contribution in [0, 0.1) is 11.3 Å². The van der Waals surface area contributed by atoms with E-state index in [4.69, 9.17) is 10.5 Å². The Hall–Kier alpha value is -0.0800. The van der Waals surface area contributed by atoms with E-state index in [9.17, 15) is 0 Å². The normalized spacial score (nSPS) is 40.1. The topological polar surface area (TPSA) is 35.2 Å². The summed E-state index contributed by atoms with van der Waals surface area (Å²) in [5.41, 5.74) is 6.48. The molecule has 0 amide bonds. The van der Waals surface area contributed by atoms with Crippen LogP contribution < -0.4 is 5.73 Å². The lowest BCUT2D eigenvalue weighted by Gasteiger charge is -2.39. The van der Waals surface area contributed by atoms with Crippen LogP contribution in [0.15, 0.2) is 0 Å². The third-order valence-corrected chi connectivity index (χ3v) is 4.79. The van der Waals surface area contributed by atoms with Crippen LogP contribution in [0.5, 0.6) is 0 Å². The van der Waals surface area contributed by atoms with Crippen molar-refractivity contribution in [3.8, 4) is 0 Å². The van der Waals surface area contributed by atoms with Crippen LogP contribution in [0.1, 0.15) is 58.3 Å². The van der Waals surface area contributed by atoms with Crippen LogP contribution in [0.4, 0.5) is 0 Å². The van der Waals surface area contributed by atoms with E-state index in [-0.39, 0.29) is 0 Å². The van der Waals surface area contributed by atoms with Gasteiger partial charge in [-0.3, -0.25) is 0 Å². The van der Waals surface area contributed by atoms with Crippen molar-refractivity contribution in [2.45, 2.75) is 64.4 Å². The molecule has 2 aliphatic rings. The smallest absolute Gasteiger partial charge is 0.0576 e. The van der Waals surface area contributed by atoms with Crippen molar-refractivity contribution < 1.29 is 4.74 Å². The average Bonchev–Trinajstić information content (AvgIpc) is 2.82. The first-order valence-corrected chi connectivity index (χ1v) is 7.06. The molecule has 1 aliphatic carbocycles. The summed E-state index contributed by atoms with van der Waals surface area (Å²) in [7, 11) is 0. The van der Waals surface area contributed by atoms with Gasteiger partial charge in [-0.15, -0.1) is 0 Å². The van der Waals surface area contributed by atoms with Gasteiger partial charge in [0.1, 0.15) is 0 Å². The summed E-state index contributed by atoms with van der Waals surface area (Å²) in [6.45, 7) is 4.24. The van der Waals surface area contributed by atoms with Crippen molar-refractivity contribution in [3.63, 3.8) is 0 Å². The summed E-state index contributed by atoms with van der Waals surface area (Å²) in [6.07, 6.45) is 11.1. The predicted molar refractivity (Wildman–Crippen MR) is 67.3 cm³/mol. The second kappa shape index (κ2) is 5.50. The van der Waals surface area contributed by atoms with Crippen LogP contribution in [-0.4, -0.2) is 19.3 Å². The van der Waals surface area contributed by atoms with Gasteiger partial charge in [-0.1, -0.05) is 19.8 Å². The molecule has 1 unspecified atom stereocenters. The lowest BCUT2D eigenvalue weighted by molar-refractivity contribution is 0.0738. The fraction of sp³-hybridized carbons (Fsp3) is 1.00. The Bertz CT molecular complexity index is 203. The average molecular weight is 225 g/mol. The Balaban J connectivity index is 1.79. The van der Waals surface area contributed by atoms with Crippen molar-refractivity contribution in [3.05, 3.63) is 0 Å². The molecule has 2 N–H and O–H groups in total. The molecule has 2 nitrogen and oxygen atoms in total. The number of nitrogens with two attached hydrogens (primary N) is 1. The highest BCUT2D eigenvalue weighted by atomic mass is 16.5. The Labute approximate surface area is 99.9 Å². The Morgan fingerprint density at radius 1 is 1.25 bits per heavy atom. The molecule has 0 aromatic heterocycles. The monoisotopic (exact) mass is 225 g/mol. The lowest BCUT2D eigenvalue weighted by Crippen LogP contribution is -2.35. The van der Waals surface area contributed by atoms with Gasteiger partial charge in [-0.2, -0.15) is 0 Å². The predicted octanol–water partition coefficient (Wildman–Crippen LogP) is 3.10.